The molecule has 1 aliphatic rings. The number of hydrogen-bond acceptors (Lipinski definition) is 3. The number of likely N-dealkylation sites (tertiary alicyclic amines) is 1. The first-order valence-corrected chi connectivity index (χ1v) is 8.85. The molecule has 1 atom stereocenters. The zero-order valence-corrected chi connectivity index (χ0v) is 14.5. The molecule has 1 unspecified atom stereocenters. The zero-order chi connectivity index (χ0) is 16.1. The number of benzene rings is 1. The summed E-state index contributed by atoms with van der Waals surface area (Å²) in [5, 5.41) is 0.709. The Morgan fingerprint density at radius 1 is 1.41 bits per heavy atom. The van der Waals surface area contributed by atoms with Crippen LogP contribution in [0.4, 0.5) is 0 Å². The molecule has 6 heteroatoms. The van der Waals surface area contributed by atoms with Crippen molar-refractivity contribution in [2.75, 3.05) is 26.4 Å². The molecule has 0 radical (unpaired) electrons. The summed E-state index contributed by atoms with van der Waals surface area (Å²) >= 11 is 7.50. The molecule has 1 aromatic rings. The van der Waals surface area contributed by atoms with Gasteiger partial charge in [-0.2, -0.15) is 0 Å². The number of likely N-dealkylation sites (N-methyl/N-ethyl adjacent to an activating group) is 1. The number of nitrogens with zero attached hydrogens (tertiary/aromatic N) is 2. The molecule has 0 saturated carbocycles. The summed E-state index contributed by atoms with van der Waals surface area (Å²) in [6.45, 7) is 0.681. The average Bonchev–Trinajstić information content (AvgIpc) is 2.95. The van der Waals surface area contributed by atoms with E-state index >= 15 is 0 Å². The Labute approximate surface area is 140 Å². The van der Waals surface area contributed by atoms with Gasteiger partial charge in [0.2, 0.25) is 11.8 Å². The molecular formula is C16H21ClN2O2S. The van der Waals surface area contributed by atoms with Crippen LogP contribution in [-0.4, -0.2) is 54.0 Å². The van der Waals surface area contributed by atoms with Crippen LogP contribution in [0.2, 0.25) is 5.02 Å². The van der Waals surface area contributed by atoms with Crippen LogP contribution in [-0.2, 0) is 15.3 Å². The molecule has 120 valence electrons. The summed E-state index contributed by atoms with van der Waals surface area (Å²) < 4.78 is 0. The van der Waals surface area contributed by atoms with Crippen molar-refractivity contribution in [1.29, 1.82) is 0 Å². The predicted molar refractivity (Wildman–Crippen MR) is 91.0 cm³/mol. The zero-order valence-electron chi connectivity index (χ0n) is 12.9. The lowest BCUT2D eigenvalue weighted by Gasteiger charge is -2.26. The Morgan fingerprint density at radius 3 is 2.86 bits per heavy atom. The van der Waals surface area contributed by atoms with E-state index < -0.39 is 0 Å². The third kappa shape index (κ3) is 4.40. The van der Waals surface area contributed by atoms with Crippen LogP contribution in [0, 0.1) is 0 Å². The Kier molecular flexibility index (Phi) is 6.15. The molecule has 22 heavy (non-hydrogen) atoms. The molecule has 4 nitrogen and oxygen atoms in total. The van der Waals surface area contributed by atoms with Crippen molar-refractivity contribution >= 4 is 35.2 Å². The Hall–Kier alpha value is -1.20. The lowest BCUT2D eigenvalue weighted by molar-refractivity contribution is -0.140. The highest BCUT2D eigenvalue weighted by Gasteiger charge is 2.34. The van der Waals surface area contributed by atoms with Gasteiger partial charge in [-0.3, -0.25) is 9.59 Å². The molecular weight excluding hydrogens is 320 g/mol. The standard InChI is InChI=1S/C16H21ClN2O2S/c1-18(2)16(21)14-7-4-8-19(14)15(20)11-22-10-12-5-3-6-13(17)9-12/h3,5-6,9,14H,4,7-8,10-11H2,1-2H3. The maximum Gasteiger partial charge on any atom is 0.244 e. The summed E-state index contributed by atoms with van der Waals surface area (Å²) in [6.07, 6.45) is 1.66. The summed E-state index contributed by atoms with van der Waals surface area (Å²) in [6, 6.07) is 7.37. The lowest BCUT2D eigenvalue weighted by Crippen LogP contribution is -2.46. The van der Waals surface area contributed by atoms with Gasteiger partial charge in [-0.05, 0) is 30.5 Å². The van der Waals surface area contributed by atoms with E-state index in [9.17, 15) is 9.59 Å². The van der Waals surface area contributed by atoms with Crippen molar-refractivity contribution < 1.29 is 9.59 Å². The second kappa shape index (κ2) is 7.88. The maximum absolute atomic E-state index is 12.3. The van der Waals surface area contributed by atoms with Crippen molar-refractivity contribution in [2.24, 2.45) is 0 Å². The van der Waals surface area contributed by atoms with E-state index in [0.717, 1.165) is 24.2 Å². The average molecular weight is 341 g/mol. The van der Waals surface area contributed by atoms with Crippen molar-refractivity contribution in [3.05, 3.63) is 34.9 Å². The summed E-state index contributed by atoms with van der Waals surface area (Å²) in [5.74, 6) is 1.20. The number of thioether (sulfide) groups is 1. The van der Waals surface area contributed by atoms with Crippen LogP contribution >= 0.6 is 23.4 Å². The molecule has 0 aromatic heterocycles. The number of halogens is 1. The highest BCUT2D eigenvalue weighted by Crippen LogP contribution is 2.22. The largest absolute Gasteiger partial charge is 0.347 e. The third-order valence-corrected chi connectivity index (χ3v) is 4.91. The molecule has 2 amide bonds. The summed E-state index contributed by atoms with van der Waals surface area (Å²) in [5.41, 5.74) is 1.10. The molecule has 1 aliphatic heterocycles. The van der Waals surface area contributed by atoms with E-state index in [0.29, 0.717) is 17.3 Å². The van der Waals surface area contributed by atoms with E-state index in [2.05, 4.69) is 0 Å². The van der Waals surface area contributed by atoms with Gasteiger partial charge in [-0.15, -0.1) is 11.8 Å². The quantitative estimate of drug-likeness (QED) is 0.827. The van der Waals surface area contributed by atoms with Gasteiger partial charge >= 0.3 is 0 Å². The highest BCUT2D eigenvalue weighted by molar-refractivity contribution is 7.99. The monoisotopic (exact) mass is 340 g/mol. The van der Waals surface area contributed by atoms with Gasteiger partial charge < -0.3 is 9.80 Å². The van der Waals surface area contributed by atoms with Crippen LogP contribution < -0.4 is 0 Å². The van der Waals surface area contributed by atoms with Gasteiger partial charge in [0.15, 0.2) is 0 Å². The minimum absolute atomic E-state index is 0.0192. The van der Waals surface area contributed by atoms with E-state index in [1.54, 1.807) is 35.7 Å². The fraction of sp³-hybridized carbons (Fsp3) is 0.500. The number of amides is 2. The van der Waals surface area contributed by atoms with E-state index in [4.69, 9.17) is 11.6 Å². The van der Waals surface area contributed by atoms with Gasteiger partial charge in [-0.1, -0.05) is 23.7 Å². The van der Waals surface area contributed by atoms with Crippen LogP contribution in [0.3, 0.4) is 0 Å². The van der Waals surface area contributed by atoms with Crippen molar-refractivity contribution in [3.63, 3.8) is 0 Å². The van der Waals surface area contributed by atoms with Gasteiger partial charge in [-0.25, -0.2) is 0 Å². The minimum Gasteiger partial charge on any atom is -0.347 e. The fourth-order valence-corrected chi connectivity index (χ4v) is 3.66. The normalized spacial score (nSPS) is 17.6. The first-order chi connectivity index (χ1) is 10.5. The second-order valence-electron chi connectivity index (χ2n) is 5.60. The molecule has 1 heterocycles. The van der Waals surface area contributed by atoms with Crippen LogP contribution in [0.1, 0.15) is 18.4 Å². The van der Waals surface area contributed by atoms with E-state index in [1.807, 2.05) is 24.3 Å². The van der Waals surface area contributed by atoms with Gasteiger partial charge in [0.05, 0.1) is 5.75 Å². The SMILES string of the molecule is CN(C)C(=O)C1CCCN1C(=O)CSCc1cccc(Cl)c1. The Morgan fingerprint density at radius 2 is 2.18 bits per heavy atom. The van der Waals surface area contributed by atoms with Crippen molar-refractivity contribution in [2.45, 2.75) is 24.6 Å². The first kappa shape index (κ1) is 17.2. The summed E-state index contributed by atoms with van der Waals surface area (Å²) in [7, 11) is 3.47. The molecule has 1 saturated heterocycles. The van der Waals surface area contributed by atoms with E-state index in [1.165, 1.54) is 0 Å². The summed E-state index contributed by atoms with van der Waals surface area (Å²) in [4.78, 5) is 27.7. The maximum atomic E-state index is 12.3. The van der Waals surface area contributed by atoms with E-state index in [-0.39, 0.29) is 17.9 Å². The van der Waals surface area contributed by atoms with Crippen molar-refractivity contribution in [3.8, 4) is 0 Å². The van der Waals surface area contributed by atoms with Gasteiger partial charge in [0.1, 0.15) is 6.04 Å². The fourth-order valence-electron chi connectivity index (χ4n) is 2.59. The van der Waals surface area contributed by atoms with Crippen LogP contribution in [0.15, 0.2) is 24.3 Å². The second-order valence-corrected chi connectivity index (χ2v) is 7.02. The van der Waals surface area contributed by atoms with Crippen LogP contribution in [0.5, 0.6) is 0 Å². The Balaban J connectivity index is 1.85. The van der Waals surface area contributed by atoms with Crippen molar-refractivity contribution in [1.82, 2.24) is 9.80 Å². The smallest absolute Gasteiger partial charge is 0.244 e. The molecule has 2 rings (SSSR count). The minimum atomic E-state index is -0.283. The highest BCUT2D eigenvalue weighted by atomic mass is 35.5. The number of rotatable bonds is 5. The van der Waals surface area contributed by atoms with Crippen LogP contribution in [0.25, 0.3) is 0 Å². The van der Waals surface area contributed by atoms with Gasteiger partial charge in [0.25, 0.3) is 0 Å². The molecule has 0 N–H and O–H groups in total. The molecule has 0 spiro atoms. The molecule has 1 fully saturated rings. The lowest BCUT2D eigenvalue weighted by atomic mass is 10.2. The molecule has 1 aromatic carbocycles. The number of carbonyl (C=O) groups is 2. The molecule has 0 bridgehead atoms. The Bertz CT molecular complexity index is 551. The topological polar surface area (TPSA) is 40.6 Å². The predicted octanol–water partition coefficient (Wildman–Crippen LogP) is 2.65. The number of hydrogen-bond donors (Lipinski definition) is 0. The first-order valence-electron chi connectivity index (χ1n) is 7.32. The number of carbonyl (C=O) groups excluding carboxylic acids is 2. The molecule has 0 aliphatic carbocycles. The third-order valence-electron chi connectivity index (χ3n) is 3.68. The van der Waals surface area contributed by atoms with Gasteiger partial charge in [0, 0.05) is 31.4 Å².